The van der Waals surface area contributed by atoms with E-state index in [2.05, 4.69) is 38.2 Å². The smallest absolute Gasteiger partial charge is 0.0499 e. The first-order valence-electron chi connectivity index (χ1n) is 7.45. The Morgan fingerprint density at radius 3 is 2.47 bits per heavy atom. The zero-order chi connectivity index (χ0) is 13.9. The molecular weight excluding hydrogens is 234 g/mol. The van der Waals surface area contributed by atoms with Crippen molar-refractivity contribution < 1.29 is 5.11 Å². The van der Waals surface area contributed by atoms with Gasteiger partial charge in [-0.05, 0) is 68.8 Å². The fraction of sp³-hybridized carbons (Fsp3) is 0.647. The average molecular weight is 261 g/mol. The number of hydrogen-bond acceptors (Lipinski definition) is 2. The molecule has 1 aliphatic rings. The minimum absolute atomic E-state index is 0.193. The van der Waals surface area contributed by atoms with Gasteiger partial charge >= 0.3 is 0 Å². The van der Waals surface area contributed by atoms with Gasteiger partial charge in [-0.1, -0.05) is 18.6 Å². The van der Waals surface area contributed by atoms with E-state index in [4.69, 9.17) is 0 Å². The SMILES string of the molecule is Cc1ccc(CCNCC2(CO)CCC2)c(C)c1C. The largest absolute Gasteiger partial charge is 0.396 e. The molecule has 1 saturated carbocycles. The van der Waals surface area contributed by atoms with E-state index in [0.717, 1.165) is 19.5 Å². The van der Waals surface area contributed by atoms with Gasteiger partial charge in [0.1, 0.15) is 0 Å². The van der Waals surface area contributed by atoms with E-state index in [1.165, 1.54) is 41.5 Å². The molecule has 1 fully saturated rings. The summed E-state index contributed by atoms with van der Waals surface area (Å²) in [5, 5.41) is 13.0. The van der Waals surface area contributed by atoms with Crippen LogP contribution < -0.4 is 5.32 Å². The highest BCUT2D eigenvalue weighted by atomic mass is 16.3. The predicted octanol–water partition coefficient (Wildman–Crippen LogP) is 2.91. The molecule has 2 N–H and O–H groups in total. The van der Waals surface area contributed by atoms with Crippen molar-refractivity contribution in [1.82, 2.24) is 5.32 Å². The maximum Gasteiger partial charge on any atom is 0.0499 e. The third-order valence-corrected chi connectivity index (χ3v) is 4.99. The van der Waals surface area contributed by atoms with Crippen LogP contribution in [0.2, 0.25) is 0 Å². The molecule has 2 heteroatoms. The van der Waals surface area contributed by atoms with Gasteiger partial charge in [-0.15, -0.1) is 0 Å². The Morgan fingerprint density at radius 2 is 1.89 bits per heavy atom. The summed E-state index contributed by atoms with van der Waals surface area (Å²) in [5.74, 6) is 0. The summed E-state index contributed by atoms with van der Waals surface area (Å²) in [7, 11) is 0. The molecule has 1 aromatic rings. The molecule has 2 nitrogen and oxygen atoms in total. The first kappa shape index (κ1) is 14.5. The molecule has 0 bridgehead atoms. The number of rotatable bonds is 6. The molecular formula is C17H27NO. The zero-order valence-corrected chi connectivity index (χ0v) is 12.6. The highest BCUT2D eigenvalue weighted by molar-refractivity contribution is 5.38. The normalized spacial score (nSPS) is 17.3. The third-order valence-electron chi connectivity index (χ3n) is 4.99. The van der Waals surface area contributed by atoms with Gasteiger partial charge in [-0.25, -0.2) is 0 Å². The molecule has 0 heterocycles. The van der Waals surface area contributed by atoms with Gasteiger partial charge in [-0.2, -0.15) is 0 Å². The van der Waals surface area contributed by atoms with Crippen LogP contribution in [0.25, 0.3) is 0 Å². The summed E-state index contributed by atoms with van der Waals surface area (Å²) in [4.78, 5) is 0. The van der Waals surface area contributed by atoms with Gasteiger partial charge in [-0.3, -0.25) is 0 Å². The molecule has 0 aromatic heterocycles. The van der Waals surface area contributed by atoms with E-state index in [0.29, 0.717) is 6.61 Å². The number of benzene rings is 1. The molecule has 106 valence electrons. The van der Waals surface area contributed by atoms with E-state index in [9.17, 15) is 5.11 Å². The van der Waals surface area contributed by atoms with Gasteiger partial charge in [0.25, 0.3) is 0 Å². The van der Waals surface area contributed by atoms with Crippen molar-refractivity contribution in [2.75, 3.05) is 19.7 Å². The van der Waals surface area contributed by atoms with Crippen LogP contribution in [-0.4, -0.2) is 24.8 Å². The van der Waals surface area contributed by atoms with E-state index < -0.39 is 0 Å². The van der Waals surface area contributed by atoms with Crippen LogP contribution in [0.4, 0.5) is 0 Å². The van der Waals surface area contributed by atoms with Crippen molar-refractivity contribution in [3.05, 3.63) is 34.4 Å². The Kier molecular flexibility index (Phi) is 4.64. The van der Waals surface area contributed by atoms with Crippen molar-refractivity contribution in [2.45, 2.75) is 46.5 Å². The molecule has 0 amide bonds. The summed E-state index contributed by atoms with van der Waals surface area (Å²) in [6, 6.07) is 4.48. The Balaban J connectivity index is 1.81. The molecule has 0 radical (unpaired) electrons. The Bertz CT molecular complexity index is 430. The fourth-order valence-corrected chi connectivity index (χ4v) is 2.93. The van der Waals surface area contributed by atoms with Gasteiger partial charge in [0, 0.05) is 18.6 Å². The van der Waals surface area contributed by atoms with Gasteiger partial charge in [0.2, 0.25) is 0 Å². The van der Waals surface area contributed by atoms with Crippen LogP contribution in [0.15, 0.2) is 12.1 Å². The van der Waals surface area contributed by atoms with Crippen molar-refractivity contribution in [1.29, 1.82) is 0 Å². The van der Waals surface area contributed by atoms with Gasteiger partial charge in [0.05, 0.1) is 0 Å². The standard InChI is InChI=1S/C17H27NO/c1-13-5-6-16(15(3)14(13)2)7-10-18-11-17(12-19)8-4-9-17/h5-6,18-19H,4,7-12H2,1-3H3. The molecule has 0 saturated heterocycles. The molecule has 1 aromatic carbocycles. The van der Waals surface area contributed by atoms with Crippen LogP contribution in [0, 0.1) is 26.2 Å². The van der Waals surface area contributed by atoms with Crippen LogP contribution in [0.1, 0.15) is 41.5 Å². The number of aliphatic hydroxyl groups excluding tert-OH is 1. The van der Waals surface area contributed by atoms with E-state index >= 15 is 0 Å². The summed E-state index contributed by atoms with van der Waals surface area (Å²) in [5.41, 5.74) is 5.87. The van der Waals surface area contributed by atoms with E-state index in [1.807, 2.05) is 0 Å². The van der Waals surface area contributed by atoms with Crippen LogP contribution >= 0.6 is 0 Å². The summed E-state index contributed by atoms with van der Waals surface area (Å²) < 4.78 is 0. The third kappa shape index (κ3) is 3.18. The first-order valence-corrected chi connectivity index (χ1v) is 7.45. The number of nitrogens with one attached hydrogen (secondary N) is 1. The van der Waals surface area contributed by atoms with Gasteiger partial charge in [0.15, 0.2) is 0 Å². The maximum atomic E-state index is 9.42. The van der Waals surface area contributed by atoms with Crippen molar-refractivity contribution >= 4 is 0 Å². The van der Waals surface area contributed by atoms with E-state index in [1.54, 1.807) is 0 Å². The maximum absolute atomic E-state index is 9.42. The molecule has 1 aliphatic carbocycles. The lowest BCUT2D eigenvalue weighted by Crippen LogP contribution is -2.43. The second-order valence-corrected chi connectivity index (χ2v) is 6.23. The first-order chi connectivity index (χ1) is 9.08. The number of aryl methyl sites for hydroxylation is 1. The topological polar surface area (TPSA) is 32.3 Å². The fourth-order valence-electron chi connectivity index (χ4n) is 2.93. The molecule has 0 atom stereocenters. The Labute approximate surface area is 117 Å². The highest BCUT2D eigenvalue weighted by Crippen LogP contribution is 2.39. The second-order valence-electron chi connectivity index (χ2n) is 6.23. The molecule has 0 aliphatic heterocycles. The van der Waals surface area contributed by atoms with Crippen LogP contribution in [0.3, 0.4) is 0 Å². The highest BCUT2D eigenvalue weighted by Gasteiger charge is 2.35. The molecule has 0 spiro atoms. The van der Waals surface area contributed by atoms with Crippen LogP contribution in [0.5, 0.6) is 0 Å². The minimum atomic E-state index is 0.193. The number of aliphatic hydroxyl groups is 1. The summed E-state index contributed by atoms with van der Waals surface area (Å²) in [6.07, 6.45) is 4.71. The summed E-state index contributed by atoms with van der Waals surface area (Å²) in [6.45, 7) is 8.91. The van der Waals surface area contributed by atoms with Crippen LogP contribution in [-0.2, 0) is 6.42 Å². The lowest BCUT2D eigenvalue weighted by molar-refractivity contribution is 0.0451. The molecule has 2 rings (SSSR count). The van der Waals surface area contributed by atoms with Gasteiger partial charge < -0.3 is 10.4 Å². The lowest BCUT2D eigenvalue weighted by Gasteiger charge is -2.40. The monoisotopic (exact) mass is 261 g/mol. The lowest BCUT2D eigenvalue weighted by atomic mass is 9.69. The van der Waals surface area contributed by atoms with E-state index in [-0.39, 0.29) is 5.41 Å². The second kappa shape index (κ2) is 6.06. The minimum Gasteiger partial charge on any atom is -0.396 e. The Hall–Kier alpha value is -0.860. The van der Waals surface area contributed by atoms with Crippen molar-refractivity contribution in [2.24, 2.45) is 5.41 Å². The summed E-state index contributed by atoms with van der Waals surface area (Å²) >= 11 is 0. The predicted molar refractivity (Wildman–Crippen MR) is 80.6 cm³/mol. The zero-order valence-electron chi connectivity index (χ0n) is 12.6. The number of hydrogen-bond donors (Lipinski definition) is 2. The van der Waals surface area contributed by atoms with Crippen molar-refractivity contribution in [3.63, 3.8) is 0 Å². The molecule has 19 heavy (non-hydrogen) atoms. The quantitative estimate of drug-likeness (QED) is 0.772. The average Bonchev–Trinajstić information content (AvgIpc) is 2.37. The van der Waals surface area contributed by atoms with Crippen molar-refractivity contribution in [3.8, 4) is 0 Å². The molecule has 0 unspecified atom stereocenters. The Morgan fingerprint density at radius 1 is 1.16 bits per heavy atom.